The summed E-state index contributed by atoms with van der Waals surface area (Å²) in [5.41, 5.74) is 0.911. The molecule has 9 nitrogen and oxygen atoms in total. The third-order valence-corrected chi connectivity index (χ3v) is 8.90. The number of halogens is 1. The summed E-state index contributed by atoms with van der Waals surface area (Å²) in [6.07, 6.45) is 1.01. The molecule has 2 heterocycles. The molecule has 1 N–H and O–H groups in total. The summed E-state index contributed by atoms with van der Waals surface area (Å²) >= 11 is 7.10. The lowest BCUT2D eigenvalue weighted by molar-refractivity contribution is -0.128. The van der Waals surface area contributed by atoms with Crippen LogP contribution in [0, 0.1) is 6.92 Å². The average molecular weight is 549 g/mol. The van der Waals surface area contributed by atoms with Gasteiger partial charge in [-0.15, -0.1) is 0 Å². The van der Waals surface area contributed by atoms with E-state index in [0.29, 0.717) is 26.2 Å². The van der Waals surface area contributed by atoms with E-state index in [1.165, 1.54) is 12.1 Å². The number of amides is 1. The SMILES string of the molecule is COc1ccccc1N1CCN(C(=O)CSc2ncc(S(=O)(=O)c3ccc(C)c(Cl)c3)c(=O)[nH]2)CC1. The summed E-state index contributed by atoms with van der Waals surface area (Å²) in [5, 5.41) is 0.455. The lowest BCUT2D eigenvalue weighted by Gasteiger charge is -2.36. The number of nitrogens with one attached hydrogen (secondary N) is 1. The number of carbonyl (C=O) groups excluding carboxylic acids is 1. The number of thioether (sulfide) groups is 1. The van der Waals surface area contributed by atoms with E-state index in [-0.39, 0.29) is 26.7 Å². The van der Waals surface area contributed by atoms with E-state index in [9.17, 15) is 18.0 Å². The zero-order chi connectivity index (χ0) is 25.9. The van der Waals surface area contributed by atoms with Crippen LogP contribution in [0.15, 0.2) is 68.4 Å². The van der Waals surface area contributed by atoms with Gasteiger partial charge >= 0.3 is 0 Å². The number of rotatable bonds is 7. The highest BCUT2D eigenvalue weighted by molar-refractivity contribution is 7.99. The number of aromatic amines is 1. The largest absolute Gasteiger partial charge is 0.495 e. The van der Waals surface area contributed by atoms with Crippen molar-refractivity contribution in [3.05, 3.63) is 69.6 Å². The number of ether oxygens (including phenoxy) is 1. The number of nitrogens with zero attached hydrogens (tertiary/aromatic N) is 3. The molecule has 1 aliphatic heterocycles. The third kappa shape index (κ3) is 5.53. The number of aromatic nitrogens is 2. The van der Waals surface area contributed by atoms with Crippen LogP contribution in [0.1, 0.15) is 5.56 Å². The molecule has 0 bridgehead atoms. The number of hydrogen-bond donors (Lipinski definition) is 1. The maximum atomic E-state index is 12.9. The number of methoxy groups -OCH3 is 1. The fourth-order valence-electron chi connectivity index (χ4n) is 3.81. The van der Waals surface area contributed by atoms with Gasteiger partial charge in [-0.25, -0.2) is 13.4 Å². The van der Waals surface area contributed by atoms with Crippen LogP contribution in [0.5, 0.6) is 5.75 Å². The lowest BCUT2D eigenvalue weighted by Crippen LogP contribution is -2.49. The first kappa shape index (κ1) is 26.1. The van der Waals surface area contributed by atoms with E-state index in [2.05, 4.69) is 14.9 Å². The molecular formula is C24H25ClN4O5S2. The maximum Gasteiger partial charge on any atom is 0.270 e. The molecule has 190 valence electrons. The lowest BCUT2D eigenvalue weighted by atomic mass is 10.2. The fourth-order valence-corrected chi connectivity index (χ4v) is 6.05. The van der Waals surface area contributed by atoms with E-state index in [1.54, 1.807) is 25.0 Å². The van der Waals surface area contributed by atoms with Gasteiger partial charge < -0.3 is 19.5 Å². The second kappa shape index (κ2) is 10.9. The summed E-state index contributed by atoms with van der Waals surface area (Å²) in [4.78, 5) is 35.2. The number of H-pyrrole nitrogens is 1. The second-order valence-electron chi connectivity index (χ2n) is 8.12. The average Bonchev–Trinajstić information content (AvgIpc) is 2.88. The van der Waals surface area contributed by atoms with Gasteiger partial charge in [0.25, 0.3) is 5.56 Å². The molecule has 1 aliphatic rings. The molecule has 0 saturated carbocycles. The fraction of sp³-hybridized carbons (Fsp3) is 0.292. The number of aryl methyl sites for hydroxylation is 1. The first-order valence-electron chi connectivity index (χ1n) is 11.1. The van der Waals surface area contributed by atoms with Gasteiger partial charge in [-0.1, -0.05) is 41.6 Å². The summed E-state index contributed by atoms with van der Waals surface area (Å²) < 4.78 is 31.2. The van der Waals surface area contributed by atoms with Gasteiger partial charge in [-0.05, 0) is 36.8 Å². The molecule has 1 saturated heterocycles. The normalized spacial score (nSPS) is 14.1. The van der Waals surface area contributed by atoms with Gasteiger partial charge in [-0.3, -0.25) is 9.59 Å². The highest BCUT2D eigenvalue weighted by atomic mass is 35.5. The van der Waals surface area contributed by atoms with Crippen LogP contribution in [0.3, 0.4) is 0 Å². The number of para-hydroxylation sites is 2. The van der Waals surface area contributed by atoms with Crippen molar-refractivity contribution in [3.8, 4) is 5.75 Å². The summed E-state index contributed by atoms with van der Waals surface area (Å²) in [6, 6.07) is 12.0. The molecule has 0 aliphatic carbocycles. The Morgan fingerprint density at radius 1 is 1.17 bits per heavy atom. The van der Waals surface area contributed by atoms with Crippen LogP contribution in [-0.2, 0) is 14.6 Å². The second-order valence-corrected chi connectivity index (χ2v) is 11.4. The van der Waals surface area contributed by atoms with Crippen LogP contribution in [0.4, 0.5) is 5.69 Å². The van der Waals surface area contributed by atoms with Crippen molar-refractivity contribution in [2.24, 2.45) is 0 Å². The minimum atomic E-state index is -4.10. The Balaban J connectivity index is 1.37. The Morgan fingerprint density at radius 2 is 1.89 bits per heavy atom. The van der Waals surface area contributed by atoms with Crippen molar-refractivity contribution in [2.45, 2.75) is 21.9 Å². The highest BCUT2D eigenvalue weighted by Gasteiger charge is 2.25. The van der Waals surface area contributed by atoms with Crippen LogP contribution in [0.25, 0.3) is 0 Å². The molecule has 1 amide bonds. The van der Waals surface area contributed by atoms with Gasteiger partial charge in [0.2, 0.25) is 15.7 Å². The van der Waals surface area contributed by atoms with Crippen molar-refractivity contribution in [2.75, 3.05) is 43.9 Å². The molecule has 36 heavy (non-hydrogen) atoms. The van der Waals surface area contributed by atoms with Gasteiger partial charge in [0.1, 0.15) is 5.75 Å². The summed E-state index contributed by atoms with van der Waals surface area (Å²) in [6.45, 7) is 4.19. The van der Waals surface area contributed by atoms with Gasteiger partial charge in [0.15, 0.2) is 10.1 Å². The molecular weight excluding hydrogens is 524 g/mol. The molecule has 2 aromatic carbocycles. The number of anilines is 1. The molecule has 1 fully saturated rings. The van der Waals surface area contributed by atoms with Gasteiger partial charge in [0.05, 0.1) is 29.6 Å². The predicted molar refractivity (Wildman–Crippen MR) is 139 cm³/mol. The van der Waals surface area contributed by atoms with Crippen molar-refractivity contribution in [3.63, 3.8) is 0 Å². The van der Waals surface area contributed by atoms with Gasteiger partial charge in [0, 0.05) is 31.2 Å². The topological polar surface area (TPSA) is 113 Å². The Morgan fingerprint density at radius 3 is 2.56 bits per heavy atom. The number of piperazine rings is 1. The van der Waals surface area contributed by atoms with Crippen LogP contribution >= 0.6 is 23.4 Å². The molecule has 0 spiro atoms. The maximum absolute atomic E-state index is 12.9. The molecule has 0 unspecified atom stereocenters. The van der Waals surface area contributed by atoms with Crippen LogP contribution in [0.2, 0.25) is 5.02 Å². The van der Waals surface area contributed by atoms with E-state index in [4.69, 9.17) is 16.3 Å². The van der Waals surface area contributed by atoms with Crippen LogP contribution < -0.4 is 15.2 Å². The smallest absolute Gasteiger partial charge is 0.270 e. The summed E-state index contributed by atoms with van der Waals surface area (Å²) in [5.74, 6) is 0.768. The third-order valence-electron chi connectivity index (χ3n) is 5.88. The molecule has 12 heteroatoms. The van der Waals surface area contributed by atoms with E-state index in [1.807, 2.05) is 24.3 Å². The number of benzene rings is 2. The Kier molecular flexibility index (Phi) is 7.91. The van der Waals surface area contributed by atoms with E-state index >= 15 is 0 Å². The zero-order valence-corrected chi connectivity index (χ0v) is 22.1. The number of carbonyl (C=O) groups is 1. The Labute approximate surface area is 218 Å². The van der Waals surface area contributed by atoms with E-state index < -0.39 is 20.3 Å². The van der Waals surface area contributed by atoms with Crippen molar-refractivity contribution >= 4 is 44.8 Å². The molecule has 1 aromatic heterocycles. The standard InChI is InChI=1S/C24H25ClN4O5S2/c1-16-7-8-17(13-18(16)25)36(32,33)21-14-26-24(27-23(21)31)35-15-22(30)29-11-9-28(10-12-29)19-5-3-4-6-20(19)34-2/h3-8,13-14H,9-12,15H2,1-2H3,(H,26,27,31). The quantitative estimate of drug-likeness (QED) is 0.354. The number of hydrogen-bond acceptors (Lipinski definition) is 8. The zero-order valence-electron chi connectivity index (χ0n) is 19.7. The Bertz CT molecular complexity index is 1440. The first-order chi connectivity index (χ1) is 17.2. The predicted octanol–water partition coefficient (Wildman–Crippen LogP) is 3.01. The number of sulfone groups is 1. The van der Waals surface area contributed by atoms with Crippen molar-refractivity contribution in [1.29, 1.82) is 0 Å². The van der Waals surface area contributed by atoms with Crippen molar-refractivity contribution < 1.29 is 17.9 Å². The summed E-state index contributed by atoms with van der Waals surface area (Å²) in [7, 11) is -2.46. The molecule has 0 atom stereocenters. The van der Waals surface area contributed by atoms with Crippen LogP contribution in [-0.4, -0.2) is 68.2 Å². The van der Waals surface area contributed by atoms with E-state index in [0.717, 1.165) is 35.0 Å². The van der Waals surface area contributed by atoms with Gasteiger partial charge in [-0.2, -0.15) is 0 Å². The minimum Gasteiger partial charge on any atom is -0.495 e. The first-order valence-corrected chi connectivity index (χ1v) is 13.9. The molecule has 3 aromatic rings. The van der Waals surface area contributed by atoms with Crippen molar-refractivity contribution in [1.82, 2.24) is 14.9 Å². The monoisotopic (exact) mass is 548 g/mol. The molecule has 4 rings (SSSR count). The highest BCUT2D eigenvalue weighted by Crippen LogP contribution is 2.28. The molecule has 0 radical (unpaired) electrons. The Hall–Kier alpha value is -3.02. The minimum absolute atomic E-state index is 0.0667.